The maximum Gasteiger partial charge on any atom is 0.187 e. The van der Waals surface area contributed by atoms with E-state index in [1.165, 1.54) is 6.92 Å². The van der Waals surface area contributed by atoms with E-state index >= 15 is 0 Å². The minimum atomic E-state index is -1.81. The van der Waals surface area contributed by atoms with Crippen molar-refractivity contribution < 1.29 is 84.2 Å². The summed E-state index contributed by atoms with van der Waals surface area (Å²) < 4.78 is 43.1. The second-order valence-corrected chi connectivity index (χ2v) is 21.0. The van der Waals surface area contributed by atoms with Gasteiger partial charge in [0.15, 0.2) is 18.9 Å². The number of aliphatic hydroxyl groups excluding tert-OH is 10. The average molecular weight is 887 g/mol. The van der Waals surface area contributed by atoms with Crippen LogP contribution in [0.5, 0.6) is 0 Å². The summed E-state index contributed by atoms with van der Waals surface area (Å²) in [7, 11) is 0. The van der Waals surface area contributed by atoms with E-state index < -0.39 is 111 Å². The van der Waals surface area contributed by atoms with Gasteiger partial charge in [0.2, 0.25) is 0 Å². The number of aliphatic hydroxyl groups is 10. The van der Waals surface area contributed by atoms with Gasteiger partial charge in [-0.3, -0.25) is 0 Å². The highest BCUT2D eigenvalue weighted by Crippen LogP contribution is 2.69. The topological polar surface area (TPSA) is 267 Å². The Morgan fingerprint density at radius 3 is 1.81 bits per heavy atom. The first kappa shape index (κ1) is 47.5. The third-order valence-corrected chi connectivity index (χ3v) is 17.3. The molecule has 4 aliphatic carbocycles. The third kappa shape index (κ3) is 8.17. The van der Waals surface area contributed by atoms with Crippen LogP contribution in [-0.2, 0) is 33.2 Å². The molecule has 0 spiro atoms. The zero-order chi connectivity index (χ0) is 44.7. The van der Waals surface area contributed by atoms with Gasteiger partial charge in [-0.2, -0.15) is 0 Å². The van der Waals surface area contributed by atoms with Crippen molar-refractivity contribution in [3.8, 4) is 0 Å². The van der Waals surface area contributed by atoms with Crippen LogP contribution < -0.4 is 0 Å². The molecule has 27 atom stereocenters. The molecule has 8 fully saturated rings. The van der Waals surface area contributed by atoms with Gasteiger partial charge in [-0.15, -0.1) is 0 Å². The summed E-state index contributed by atoms with van der Waals surface area (Å²) in [4.78, 5) is 0. The molecule has 4 aliphatic heterocycles. The molecule has 4 saturated heterocycles. The predicted octanol–water partition coefficient (Wildman–Crippen LogP) is -0.153. The maximum atomic E-state index is 11.5. The molecule has 0 aromatic carbocycles. The summed E-state index contributed by atoms with van der Waals surface area (Å²) in [5.41, 5.74) is 1.30. The van der Waals surface area contributed by atoms with Crippen LogP contribution in [0.2, 0.25) is 0 Å². The van der Waals surface area contributed by atoms with E-state index in [1.807, 2.05) is 13.8 Å². The van der Waals surface area contributed by atoms with E-state index in [0.29, 0.717) is 42.4 Å². The van der Waals surface area contributed by atoms with Crippen molar-refractivity contribution in [3.63, 3.8) is 0 Å². The van der Waals surface area contributed by atoms with Crippen LogP contribution in [0, 0.1) is 46.3 Å². The Morgan fingerprint density at radius 1 is 0.597 bits per heavy atom. The van der Waals surface area contributed by atoms with E-state index in [1.54, 1.807) is 0 Å². The number of rotatable bonds is 9. The Balaban J connectivity index is 0.973. The van der Waals surface area contributed by atoms with E-state index in [4.69, 9.17) is 33.2 Å². The fourth-order valence-corrected chi connectivity index (χ4v) is 14.0. The molecule has 62 heavy (non-hydrogen) atoms. The monoisotopic (exact) mass is 886 g/mol. The van der Waals surface area contributed by atoms with Gasteiger partial charge in [0.25, 0.3) is 0 Å². The van der Waals surface area contributed by atoms with E-state index in [2.05, 4.69) is 26.8 Å². The number of hydrogen-bond donors (Lipinski definition) is 10. The summed E-state index contributed by atoms with van der Waals surface area (Å²) in [6.07, 6.45) is -14.5. The van der Waals surface area contributed by atoms with E-state index in [9.17, 15) is 51.1 Å². The van der Waals surface area contributed by atoms with Crippen molar-refractivity contribution >= 4 is 0 Å². The Bertz CT molecular complexity index is 1570. The number of ether oxygens (including phenoxy) is 7. The van der Waals surface area contributed by atoms with Crippen LogP contribution in [0.1, 0.15) is 92.9 Å². The molecule has 0 aromatic heterocycles. The Hall–Kier alpha value is -0.940. The van der Waals surface area contributed by atoms with Crippen LogP contribution in [0.4, 0.5) is 0 Å². The molecule has 4 heterocycles. The minimum Gasteiger partial charge on any atom is -0.394 e. The molecule has 8 aliphatic rings. The van der Waals surface area contributed by atoms with Crippen molar-refractivity contribution in [2.75, 3.05) is 13.2 Å². The molecule has 0 amide bonds. The Labute approximate surface area is 364 Å². The van der Waals surface area contributed by atoms with Gasteiger partial charge in [0, 0.05) is 0 Å². The van der Waals surface area contributed by atoms with Crippen molar-refractivity contribution in [1.29, 1.82) is 0 Å². The molecule has 8 rings (SSSR count). The predicted molar refractivity (Wildman–Crippen MR) is 216 cm³/mol. The molecule has 10 N–H and O–H groups in total. The van der Waals surface area contributed by atoms with Gasteiger partial charge in [0.05, 0.1) is 37.6 Å². The lowest BCUT2D eigenvalue weighted by Crippen LogP contribution is -2.67. The Kier molecular flexibility index (Phi) is 14.0. The fraction of sp³-hybridized carbons (Fsp3) is 0.956. The van der Waals surface area contributed by atoms with Crippen molar-refractivity contribution in [3.05, 3.63) is 11.6 Å². The molecule has 4 saturated carbocycles. The lowest BCUT2D eigenvalue weighted by atomic mass is 9.44. The quantitative estimate of drug-likeness (QED) is 0.107. The summed E-state index contributed by atoms with van der Waals surface area (Å²) >= 11 is 0. The summed E-state index contributed by atoms with van der Waals surface area (Å²) in [6, 6.07) is 0. The minimum absolute atomic E-state index is 0.0603. The van der Waals surface area contributed by atoms with Crippen LogP contribution in [-0.4, -0.2) is 181 Å². The highest BCUT2D eigenvalue weighted by Gasteiger charge is 2.66. The first-order valence-electron chi connectivity index (χ1n) is 23.2. The molecule has 0 bridgehead atoms. The molecule has 17 nitrogen and oxygen atoms in total. The molecular formula is C45H74O17. The first-order valence-corrected chi connectivity index (χ1v) is 23.2. The molecule has 17 heteroatoms. The molecule has 0 aromatic rings. The highest BCUT2D eigenvalue weighted by atomic mass is 16.8. The number of fused-ring (bicyclic) bond motifs is 7. The lowest BCUT2D eigenvalue weighted by Gasteiger charge is -2.61. The fourth-order valence-electron chi connectivity index (χ4n) is 14.0. The summed E-state index contributed by atoms with van der Waals surface area (Å²) in [5.74, 6) is 2.36. The normalized spacial score (nSPS) is 56.5. The van der Waals surface area contributed by atoms with Crippen molar-refractivity contribution in [2.45, 2.75) is 209 Å². The van der Waals surface area contributed by atoms with Gasteiger partial charge in [0.1, 0.15) is 73.2 Å². The Morgan fingerprint density at radius 2 is 1.19 bits per heavy atom. The van der Waals surface area contributed by atoms with Crippen molar-refractivity contribution in [1.82, 2.24) is 0 Å². The standard InChI is InChI=1S/C45H74O17/c1-18(2)13-27-31(48)19(3)30-26(58-27)15-25-23-8-7-21-14-22(9-11-44(21,5)24(23)10-12-45(25,30)6)57-42-39(36(53)33(50)28(16-46)59-42)62-43-40(37(54)34(51)29(17-47)60-43)61-41-38(55)35(52)32(49)20(4)56-41/h13,19-43,46-55H,7-12,14-17H2,1-6H3/t19?,20-,21+,22-,23+,24-,25-,26-,27-,28+,29+,30?,31?,32-,33+,34+,35+,36-,37-,38+,39+,40+,41-,42+,43-,44-,45-/m0/s1. The van der Waals surface area contributed by atoms with Gasteiger partial charge < -0.3 is 84.2 Å². The molecule has 0 radical (unpaired) electrons. The zero-order valence-corrected chi connectivity index (χ0v) is 36.9. The van der Waals surface area contributed by atoms with E-state index in [0.717, 1.165) is 44.1 Å². The highest BCUT2D eigenvalue weighted by molar-refractivity contribution is 5.16. The maximum absolute atomic E-state index is 11.5. The van der Waals surface area contributed by atoms with Gasteiger partial charge in [-0.25, -0.2) is 0 Å². The molecule has 3 unspecified atom stereocenters. The summed E-state index contributed by atoms with van der Waals surface area (Å²) in [5, 5.41) is 108. The van der Waals surface area contributed by atoms with E-state index in [-0.39, 0.29) is 35.1 Å². The third-order valence-electron chi connectivity index (χ3n) is 17.3. The number of allylic oxidation sites excluding steroid dienone is 1. The first-order chi connectivity index (χ1) is 29.3. The van der Waals surface area contributed by atoms with Crippen LogP contribution in [0.15, 0.2) is 11.6 Å². The van der Waals surface area contributed by atoms with Crippen LogP contribution in [0.3, 0.4) is 0 Å². The SMILES string of the molecule is CC(C)=C[C@@H]1O[C@H]2C[C@H]3[C@@H]4CC[C@@H]5C[C@@H](O[C@@H]6O[C@H](CO)[C@@H](O)[C@H](O)[C@H]6O[C@@H]6O[C@H](CO)[C@@H](O)[C@H](O)[C@H]6O[C@@H]6O[C@@H](C)[C@H](O)[C@@H](O)[C@H]6O)CC[C@]5(C)[C@H]4CC[C@]3(C)C2C(C)C1O. The van der Waals surface area contributed by atoms with Gasteiger partial charge in [-0.05, 0) is 118 Å². The largest absolute Gasteiger partial charge is 0.394 e. The number of hydrogen-bond acceptors (Lipinski definition) is 17. The van der Waals surface area contributed by atoms with Gasteiger partial charge in [-0.1, -0.05) is 32.4 Å². The smallest absolute Gasteiger partial charge is 0.187 e. The van der Waals surface area contributed by atoms with Gasteiger partial charge >= 0.3 is 0 Å². The average Bonchev–Trinajstić information content (AvgIpc) is 3.54. The zero-order valence-electron chi connectivity index (χ0n) is 36.9. The van der Waals surface area contributed by atoms with Crippen LogP contribution >= 0.6 is 0 Å². The second kappa shape index (κ2) is 18.3. The van der Waals surface area contributed by atoms with Crippen LogP contribution in [0.25, 0.3) is 0 Å². The second-order valence-electron chi connectivity index (χ2n) is 21.0. The summed E-state index contributed by atoms with van der Waals surface area (Å²) in [6.45, 7) is 11.3. The lowest BCUT2D eigenvalue weighted by molar-refractivity contribution is -0.395. The molecule has 356 valence electrons. The van der Waals surface area contributed by atoms with Crippen molar-refractivity contribution in [2.24, 2.45) is 46.3 Å². The molecular weight excluding hydrogens is 812 g/mol.